The Morgan fingerprint density at radius 3 is 2.56 bits per heavy atom. The molecule has 0 aliphatic carbocycles. The van der Waals surface area contributed by atoms with Crippen molar-refractivity contribution in [1.82, 2.24) is 19.4 Å². The van der Waals surface area contributed by atoms with Gasteiger partial charge in [0.25, 0.3) is 0 Å². The second-order valence-corrected chi connectivity index (χ2v) is 6.51. The lowest BCUT2D eigenvalue weighted by molar-refractivity contribution is -0.133. The Morgan fingerprint density at radius 1 is 1.24 bits per heavy atom. The molecule has 1 saturated heterocycles. The lowest BCUT2D eigenvalue weighted by atomic mass is 9.98. The zero-order chi connectivity index (χ0) is 17.1. The van der Waals surface area contributed by atoms with Crippen LogP contribution in [-0.4, -0.2) is 46.6 Å². The zero-order valence-electron chi connectivity index (χ0n) is 14.9. The number of carbonyl (C=O) groups is 1. The highest BCUT2D eigenvalue weighted by molar-refractivity contribution is 5.85. The van der Waals surface area contributed by atoms with E-state index in [4.69, 9.17) is 0 Å². The van der Waals surface area contributed by atoms with Crippen molar-refractivity contribution in [2.24, 2.45) is 5.92 Å². The molecule has 1 amide bonds. The second-order valence-electron chi connectivity index (χ2n) is 6.51. The fourth-order valence-corrected chi connectivity index (χ4v) is 3.71. The predicted molar refractivity (Wildman–Crippen MR) is 102 cm³/mol. The lowest BCUT2D eigenvalue weighted by Gasteiger charge is -2.32. The molecular weight excluding hydrogens is 340 g/mol. The van der Waals surface area contributed by atoms with Crippen LogP contribution in [0.15, 0.2) is 29.1 Å². The van der Waals surface area contributed by atoms with Crippen LogP contribution in [0.25, 0.3) is 11.0 Å². The maximum Gasteiger partial charge on any atom is 0.329 e. The van der Waals surface area contributed by atoms with Crippen molar-refractivity contribution in [2.75, 3.05) is 26.7 Å². The zero-order valence-corrected chi connectivity index (χ0v) is 15.7. The average Bonchev–Trinajstić information content (AvgIpc) is 2.87. The average molecular weight is 367 g/mol. The summed E-state index contributed by atoms with van der Waals surface area (Å²) in [6, 6.07) is 7.68. The molecule has 7 heteroatoms. The number of halogens is 1. The Kier molecular flexibility index (Phi) is 6.67. The first kappa shape index (κ1) is 19.5. The summed E-state index contributed by atoms with van der Waals surface area (Å²) in [7, 11) is 1.94. The molecule has 0 saturated carbocycles. The van der Waals surface area contributed by atoms with Crippen LogP contribution in [0.5, 0.6) is 0 Å². The van der Waals surface area contributed by atoms with Gasteiger partial charge in [-0.05, 0) is 51.4 Å². The number of benzene rings is 1. The molecule has 1 aliphatic rings. The third-order valence-corrected chi connectivity index (χ3v) is 4.90. The number of para-hydroxylation sites is 2. The third kappa shape index (κ3) is 3.90. The monoisotopic (exact) mass is 366 g/mol. The van der Waals surface area contributed by atoms with E-state index < -0.39 is 0 Å². The van der Waals surface area contributed by atoms with E-state index in [1.807, 2.05) is 43.1 Å². The van der Waals surface area contributed by atoms with Crippen LogP contribution >= 0.6 is 12.4 Å². The number of fused-ring (bicyclic) bond motifs is 1. The van der Waals surface area contributed by atoms with Gasteiger partial charge in [-0.3, -0.25) is 13.9 Å². The van der Waals surface area contributed by atoms with Gasteiger partial charge in [0.15, 0.2) is 0 Å². The molecule has 1 aromatic heterocycles. The molecule has 1 atom stereocenters. The topological polar surface area (TPSA) is 59.3 Å². The van der Waals surface area contributed by atoms with Crippen molar-refractivity contribution in [3.05, 3.63) is 34.7 Å². The van der Waals surface area contributed by atoms with Gasteiger partial charge in [0.2, 0.25) is 5.91 Å². The first-order valence-electron chi connectivity index (χ1n) is 8.76. The summed E-state index contributed by atoms with van der Waals surface area (Å²) in [4.78, 5) is 27.3. The van der Waals surface area contributed by atoms with Gasteiger partial charge in [0.1, 0.15) is 6.54 Å². The van der Waals surface area contributed by atoms with Crippen LogP contribution in [0.3, 0.4) is 0 Å². The Hall–Kier alpha value is -1.79. The highest BCUT2D eigenvalue weighted by atomic mass is 35.5. The first-order chi connectivity index (χ1) is 11.7. The van der Waals surface area contributed by atoms with E-state index in [2.05, 4.69) is 5.32 Å². The molecule has 1 fully saturated rings. The van der Waals surface area contributed by atoms with Gasteiger partial charge in [0, 0.05) is 19.6 Å². The minimum absolute atomic E-state index is 0. The Balaban J connectivity index is 0.00000225. The molecule has 0 spiro atoms. The van der Waals surface area contributed by atoms with Gasteiger partial charge in [-0.15, -0.1) is 12.4 Å². The number of carbonyl (C=O) groups excluding carboxylic acids is 1. The first-order valence-corrected chi connectivity index (χ1v) is 8.76. The van der Waals surface area contributed by atoms with Crippen molar-refractivity contribution < 1.29 is 4.79 Å². The summed E-state index contributed by atoms with van der Waals surface area (Å²) in [5, 5.41) is 3.19. The number of aryl methyl sites for hydroxylation is 1. The Labute approximate surface area is 154 Å². The van der Waals surface area contributed by atoms with E-state index in [0.717, 1.165) is 43.5 Å². The van der Waals surface area contributed by atoms with E-state index in [0.29, 0.717) is 12.5 Å². The lowest BCUT2D eigenvalue weighted by Crippen LogP contribution is -2.44. The number of rotatable bonds is 5. The number of amides is 1. The summed E-state index contributed by atoms with van der Waals surface area (Å²) < 4.78 is 3.34. The fraction of sp³-hybridized carbons (Fsp3) is 0.556. The third-order valence-electron chi connectivity index (χ3n) is 4.90. The summed E-state index contributed by atoms with van der Waals surface area (Å²) in [6.45, 7) is 5.18. The summed E-state index contributed by atoms with van der Waals surface area (Å²) in [5.74, 6) is 0.540. The molecule has 2 aromatic rings. The van der Waals surface area contributed by atoms with Gasteiger partial charge >= 0.3 is 5.69 Å². The molecule has 0 radical (unpaired) electrons. The molecule has 1 N–H and O–H groups in total. The summed E-state index contributed by atoms with van der Waals surface area (Å²) >= 11 is 0. The molecule has 2 heterocycles. The quantitative estimate of drug-likeness (QED) is 0.876. The standard InChI is InChI=1S/C18H26N4O2.ClH/c1-3-21-15-8-4-5-9-16(15)22(18(21)24)13-17(23)20-10-6-7-14(12-20)11-19-2;/h4-5,8-9,14,19H,3,6-7,10-13H2,1-2H3;1H. The van der Waals surface area contributed by atoms with Gasteiger partial charge in [-0.25, -0.2) is 4.79 Å². The normalized spacial score (nSPS) is 17.5. The second kappa shape index (κ2) is 8.54. The number of imidazole rings is 1. The van der Waals surface area contributed by atoms with Crippen LogP contribution in [0.2, 0.25) is 0 Å². The Bertz CT molecular complexity index is 781. The van der Waals surface area contributed by atoms with Crippen LogP contribution in [0.4, 0.5) is 0 Å². The van der Waals surface area contributed by atoms with Crippen molar-refractivity contribution in [1.29, 1.82) is 0 Å². The van der Waals surface area contributed by atoms with Gasteiger partial charge in [-0.2, -0.15) is 0 Å². The van der Waals surface area contributed by atoms with Gasteiger partial charge in [0.05, 0.1) is 11.0 Å². The van der Waals surface area contributed by atoms with E-state index in [1.54, 1.807) is 9.13 Å². The van der Waals surface area contributed by atoms with E-state index in [1.165, 1.54) is 0 Å². The molecule has 6 nitrogen and oxygen atoms in total. The number of aromatic nitrogens is 2. The van der Waals surface area contributed by atoms with Crippen molar-refractivity contribution in [2.45, 2.75) is 32.9 Å². The molecule has 1 unspecified atom stereocenters. The van der Waals surface area contributed by atoms with Crippen molar-refractivity contribution in [3.8, 4) is 0 Å². The molecule has 25 heavy (non-hydrogen) atoms. The van der Waals surface area contributed by atoms with Crippen LogP contribution < -0.4 is 11.0 Å². The molecular formula is C18H27ClN4O2. The fourth-order valence-electron chi connectivity index (χ4n) is 3.71. The number of hydrogen-bond donors (Lipinski definition) is 1. The number of nitrogens with one attached hydrogen (secondary N) is 1. The highest BCUT2D eigenvalue weighted by Gasteiger charge is 2.24. The maximum absolute atomic E-state index is 12.7. The van der Waals surface area contributed by atoms with Gasteiger partial charge < -0.3 is 10.2 Å². The SMILES string of the molecule is CCn1c(=O)n(CC(=O)N2CCCC(CNC)C2)c2ccccc21.Cl. The number of nitrogens with zero attached hydrogens (tertiary/aromatic N) is 3. The number of piperidine rings is 1. The number of hydrogen-bond acceptors (Lipinski definition) is 3. The molecule has 1 aliphatic heterocycles. The minimum atomic E-state index is -0.101. The molecule has 138 valence electrons. The largest absolute Gasteiger partial charge is 0.341 e. The minimum Gasteiger partial charge on any atom is -0.341 e. The molecule has 0 bridgehead atoms. The van der Waals surface area contributed by atoms with Crippen LogP contribution in [0.1, 0.15) is 19.8 Å². The Morgan fingerprint density at radius 2 is 1.92 bits per heavy atom. The van der Waals surface area contributed by atoms with E-state index in [-0.39, 0.29) is 30.5 Å². The van der Waals surface area contributed by atoms with Crippen LogP contribution in [0, 0.1) is 5.92 Å². The maximum atomic E-state index is 12.7. The summed E-state index contributed by atoms with van der Waals surface area (Å²) in [6.07, 6.45) is 2.18. The highest BCUT2D eigenvalue weighted by Crippen LogP contribution is 2.17. The van der Waals surface area contributed by atoms with E-state index in [9.17, 15) is 9.59 Å². The van der Waals surface area contributed by atoms with Crippen LogP contribution in [-0.2, 0) is 17.9 Å². The van der Waals surface area contributed by atoms with Crippen molar-refractivity contribution >= 4 is 29.3 Å². The van der Waals surface area contributed by atoms with Crippen molar-refractivity contribution in [3.63, 3.8) is 0 Å². The van der Waals surface area contributed by atoms with E-state index >= 15 is 0 Å². The molecule has 1 aromatic carbocycles. The summed E-state index contributed by atoms with van der Waals surface area (Å²) in [5.41, 5.74) is 1.63. The molecule has 3 rings (SSSR count). The predicted octanol–water partition coefficient (Wildman–Crippen LogP) is 1.70. The van der Waals surface area contributed by atoms with Gasteiger partial charge in [-0.1, -0.05) is 12.1 Å². The smallest absolute Gasteiger partial charge is 0.329 e. The number of likely N-dealkylation sites (tertiary alicyclic amines) is 1.